The highest BCUT2D eigenvalue weighted by Gasteiger charge is 2.41. The number of halogens is 3. The van der Waals surface area contributed by atoms with Crippen LogP contribution in [0.2, 0.25) is 5.02 Å². The van der Waals surface area contributed by atoms with Crippen LogP contribution >= 0.6 is 50.1 Å². The molecule has 1 aromatic rings. The maximum Gasteiger partial charge on any atom is 0.251 e. The van der Waals surface area contributed by atoms with Crippen molar-refractivity contribution in [2.45, 2.75) is 12.8 Å². The molecule has 0 bridgehead atoms. The summed E-state index contributed by atoms with van der Waals surface area (Å²) >= 11 is 11.6. The molecule has 0 aromatic heterocycles. The zero-order chi connectivity index (χ0) is 12.5. The summed E-state index contributed by atoms with van der Waals surface area (Å²) in [5, 5.41) is 4.55. The Kier molecular flexibility index (Phi) is 4.36. The van der Waals surface area contributed by atoms with E-state index >= 15 is 0 Å². The molecule has 17 heavy (non-hydrogen) atoms. The second-order valence-electron chi connectivity index (χ2n) is 4.45. The Morgan fingerprint density at radius 1 is 1.53 bits per heavy atom. The maximum atomic E-state index is 11.9. The van der Waals surface area contributed by atoms with Crippen LogP contribution < -0.4 is 5.32 Å². The van der Waals surface area contributed by atoms with E-state index in [2.05, 4.69) is 43.8 Å². The third kappa shape index (κ3) is 3.35. The van der Waals surface area contributed by atoms with E-state index in [9.17, 15) is 4.79 Å². The minimum Gasteiger partial charge on any atom is -0.351 e. The fourth-order valence-corrected chi connectivity index (χ4v) is 2.82. The van der Waals surface area contributed by atoms with Crippen LogP contribution in [0, 0.1) is 8.99 Å². The number of rotatable bonds is 4. The second-order valence-corrected chi connectivity index (χ2v) is 6.58. The van der Waals surface area contributed by atoms with Crippen LogP contribution in [0.5, 0.6) is 0 Å². The summed E-state index contributed by atoms with van der Waals surface area (Å²) in [6.45, 7) is 0.737. The summed E-state index contributed by atoms with van der Waals surface area (Å²) < 4.78 is 0.958. The lowest BCUT2D eigenvalue weighted by atomic mass is 10.1. The first-order chi connectivity index (χ1) is 8.06. The fourth-order valence-electron chi connectivity index (χ4n) is 1.54. The number of carbonyl (C=O) groups excluding carboxylic acids is 1. The average Bonchev–Trinajstić information content (AvgIpc) is 3.10. The molecular formula is C12H12BrClINO. The smallest absolute Gasteiger partial charge is 0.251 e. The van der Waals surface area contributed by atoms with Crippen LogP contribution in [0.1, 0.15) is 23.2 Å². The lowest BCUT2D eigenvalue weighted by Crippen LogP contribution is -2.30. The monoisotopic (exact) mass is 427 g/mol. The maximum absolute atomic E-state index is 11.9. The molecule has 0 saturated heterocycles. The first kappa shape index (κ1) is 13.6. The Hall–Kier alpha value is 0.190. The first-order valence-electron chi connectivity index (χ1n) is 5.36. The lowest BCUT2D eigenvalue weighted by molar-refractivity contribution is 0.0946. The third-order valence-electron chi connectivity index (χ3n) is 3.05. The van der Waals surface area contributed by atoms with Gasteiger partial charge in [0.05, 0.1) is 5.02 Å². The van der Waals surface area contributed by atoms with E-state index in [4.69, 9.17) is 11.6 Å². The highest BCUT2D eigenvalue weighted by atomic mass is 127. The molecule has 1 fully saturated rings. The summed E-state index contributed by atoms with van der Waals surface area (Å²) in [6, 6.07) is 5.37. The van der Waals surface area contributed by atoms with E-state index in [1.54, 1.807) is 12.1 Å². The van der Waals surface area contributed by atoms with Gasteiger partial charge in [0.2, 0.25) is 0 Å². The number of carbonyl (C=O) groups is 1. The number of hydrogen-bond acceptors (Lipinski definition) is 1. The van der Waals surface area contributed by atoms with Gasteiger partial charge in [-0.05, 0) is 59.0 Å². The quantitative estimate of drug-likeness (QED) is 0.573. The number of alkyl halides is 1. The zero-order valence-electron chi connectivity index (χ0n) is 9.10. The van der Waals surface area contributed by atoms with Crippen LogP contribution in [0.25, 0.3) is 0 Å². The van der Waals surface area contributed by atoms with Gasteiger partial charge in [-0.2, -0.15) is 0 Å². The van der Waals surface area contributed by atoms with Crippen LogP contribution in [-0.2, 0) is 0 Å². The number of amides is 1. The van der Waals surface area contributed by atoms with Gasteiger partial charge in [0, 0.05) is 21.0 Å². The van der Waals surface area contributed by atoms with E-state index < -0.39 is 0 Å². The average molecular weight is 428 g/mol. The van der Waals surface area contributed by atoms with Crippen molar-refractivity contribution < 1.29 is 4.79 Å². The summed E-state index contributed by atoms with van der Waals surface area (Å²) in [5.41, 5.74) is 0.920. The van der Waals surface area contributed by atoms with Gasteiger partial charge >= 0.3 is 0 Å². The fraction of sp³-hybridized carbons (Fsp3) is 0.417. The van der Waals surface area contributed by atoms with E-state index in [0.717, 1.165) is 15.4 Å². The Morgan fingerprint density at radius 3 is 2.76 bits per heavy atom. The van der Waals surface area contributed by atoms with Crippen molar-refractivity contribution in [3.63, 3.8) is 0 Å². The van der Waals surface area contributed by atoms with Gasteiger partial charge in [-0.1, -0.05) is 27.5 Å². The molecule has 0 heterocycles. The Balaban J connectivity index is 1.97. The molecule has 0 atom stereocenters. The first-order valence-corrected chi connectivity index (χ1v) is 7.93. The molecule has 1 saturated carbocycles. The van der Waals surface area contributed by atoms with Gasteiger partial charge in [-0.15, -0.1) is 0 Å². The van der Waals surface area contributed by atoms with Gasteiger partial charge in [-0.25, -0.2) is 0 Å². The van der Waals surface area contributed by atoms with Gasteiger partial charge < -0.3 is 5.32 Å². The van der Waals surface area contributed by atoms with Crippen LogP contribution in [0.3, 0.4) is 0 Å². The van der Waals surface area contributed by atoms with Crippen LogP contribution in [0.15, 0.2) is 18.2 Å². The minimum absolute atomic E-state index is 0.0458. The Morgan fingerprint density at radius 2 is 2.24 bits per heavy atom. The Labute approximate surface area is 128 Å². The van der Waals surface area contributed by atoms with Crippen molar-refractivity contribution in [1.82, 2.24) is 5.32 Å². The second kappa shape index (κ2) is 5.45. The van der Waals surface area contributed by atoms with Crippen molar-refractivity contribution in [1.29, 1.82) is 0 Å². The SMILES string of the molecule is O=C(NCC1(CBr)CC1)c1ccc(I)c(Cl)c1. The van der Waals surface area contributed by atoms with Crippen LogP contribution in [0.4, 0.5) is 0 Å². The molecule has 2 rings (SSSR count). The van der Waals surface area contributed by atoms with Crippen molar-refractivity contribution >= 4 is 56.0 Å². The van der Waals surface area contributed by atoms with Gasteiger partial charge in [0.15, 0.2) is 0 Å². The summed E-state index contributed by atoms with van der Waals surface area (Å²) in [4.78, 5) is 11.9. The number of hydrogen-bond donors (Lipinski definition) is 1. The summed E-state index contributed by atoms with van der Waals surface area (Å²) in [5.74, 6) is -0.0458. The standard InChI is InChI=1S/C12H12BrClINO/c13-6-12(3-4-12)7-16-11(17)8-1-2-10(15)9(14)5-8/h1-2,5H,3-4,6-7H2,(H,16,17). The molecule has 1 aromatic carbocycles. The largest absolute Gasteiger partial charge is 0.351 e. The van der Waals surface area contributed by atoms with Gasteiger partial charge in [0.25, 0.3) is 5.91 Å². The highest BCUT2D eigenvalue weighted by molar-refractivity contribution is 14.1. The molecule has 92 valence electrons. The van der Waals surface area contributed by atoms with E-state index in [-0.39, 0.29) is 5.91 Å². The molecule has 0 radical (unpaired) electrons. The molecular weight excluding hydrogens is 416 g/mol. The molecule has 5 heteroatoms. The van der Waals surface area contributed by atoms with E-state index in [1.165, 1.54) is 12.8 Å². The van der Waals surface area contributed by atoms with Gasteiger partial charge in [-0.3, -0.25) is 4.79 Å². The predicted octanol–water partition coefficient (Wildman–Crippen LogP) is 3.85. The molecule has 0 unspecified atom stereocenters. The number of benzene rings is 1. The molecule has 0 spiro atoms. The van der Waals surface area contributed by atoms with Gasteiger partial charge in [0.1, 0.15) is 0 Å². The van der Waals surface area contributed by atoms with Crippen molar-refractivity contribution in [3.05, 3.63) is 32.4 Å². The summed E-state index contributed by atoms with van der Waals surface area (Å²) in [6.07, 6.45) is 2.37. The zero-order valence-corrected chi connectivity index (χ0v) is 13.6. The molecule has 0 aliphatic heterocycles. The highest BCUT2D eigenvalue weighted by Crippen LogP contribution is 2.46. The van der Waals surface area contributed by atoms with Crippen LogP contribution in [-0.4, -0.2) is 17.8 Å². The van der Waals surface area contributed by atoms with Crippen molar-refractivity contribution in [2.75, 3.05) is 11.9 Å². The molecule has 1 aliphatic rings. The molecule has 2 nitrogen and oxygen atoms in total. The third-order valence-corrected chi connectivity index (χ3v) is 5.81. The van der Waals surface area contributed by atoms with Crippen molar-refractivity contribution in [2.24, 2.45) is 5.41 Å². The van der Waals surface area contributed by atoms with E-state index in [1.807, 2.05) is 6.07 Å². The number of nitrogens with one attached hydrogen (secondary N) is 1. The molecule has 1 amide bonds. The lowest BCUT2D eigenvalue weighted by Gasteiger charge is -2.12. The van der Waals surface area contributed by atoms with Crippen molar-refractivity contribution in [3.8, 4) is 0 Å². The predicted molar refractivity (Wildman–Crippen MR) is 82.0 cm³/mol. The Bertz CT molecular complexity index is 448. The normalized spacial score (nSPS) is 16.6. The molecule has 1 N–H and O–H groups in total. The summed E-state index contributed by atoms with van der Waals surface area (Å²) in [7, 11) is 0. The van der Waals surface area contributed by atoms with E-state index in [0.29, 0.717) is 16.0 Å². The molecule has 1 aliphatic carbocycles. The topological polar surface area (TPSA) is 29.1 Å². The minimum atomic E-state index is -0.0458.